The Balaban J connectivity index is 1.66. The van der Waals surface area contributed by atoms with Crippen LogP contribution in [0.5, 0.6) is 0 Å². The summed E-state index contributed by atoms with van der Waals surface area (Å²) in [6, 6.07) is 15.6. The minimum Gasteiger partial charge on any atom is -0.370 e. The van der Waals surface area contributed by atoms with Gasteiger partial charge in [0.05, 0.1) is 22.6 Å². The minimum absolute atomic E-state index is 0.139. The first-order chi connectivity index (χ1) is 17.8. The molecule has 10 heteroatoms. The van der Waals surface area contributed by atoms with E-state index in [1.54, 1.807) is 6.07 Å². The monoisotopic (exact) mass is 516 g/mol. The normalized spacial score (nSPS) is 13.8. The van der Waals surface area contributed by atoms with Crippen LogP contribution < -0.4 is 21.3 Å². The molecule has 0 aliphatic carbocycles. The molecule has 3 aromatic rings. The third-order valence-electron chi connectivity index (χ3n) is 6.44. The summed E-state index contributed by atoms with van der Waals surface area (Å²) in [5.74, 6) is -0.0886. The molecular weight excluding hydrogens is 488 g/mol. The molecule has 0 radical (unpaired) electrons. The minimum atomic E-state index is -0.644. The van der Waals surface area contributed by atoms with Crippen molar-refractivity contribution in [2.24, 2.45) is 5.73 Å². The first-order valence-corrected chi connectivity index (χ1v) is 12.2. The molecule has 190 valence electrons. The number of carbonyl (C=O) groups is 1. The van der Waals surface area contributed by atoms with Crippen molar-refractivity contribution in [3.63, 3.8) is 0 Å². The topological polar surface area (TPSA) is 123 Å². The van der Waals surface area contributed by atoms with Crippen LogP contribution in [-0.4, -0.2) is 54.0 Å². The maximum absolute atomic E-state index is 12.1. The lowest BCUT2D eigenvalue weighted by Gasteiger charge is -2.37. The highest BCUT2D eigenvalue weighted by Crippen LogP contribution is 2.37. The molecular formula is C27H29ClN8O. The van der Waals surface area contributed by atoms with E-state index in [1.807, 2.05) is 36.4 Å². The molecule has 4 rings (SSSR count). The van der Waals surface area contributed by atoms with E-state index in [0.29, 0.717) is 28.1 Å². The third-order valence-corrected chi connectivity index (χ3v) is 6.74. The Labute approximate surface area is 221 Å². The molecule has 1 aromatic heterocycles. The van der Waals surface area contributed by atoms with Crippen LogP contribution in [0.25, 0.3) is 5.57 Å². The van der Waals surface area contributed by atoms with E-state index in [4.69, 9.17) is 17.3 Å². The number of primary amides is 1. The Morgan fingerprint density at radius 1 is 1.22 bits per heavy atom. The number of piperidine rings is 1. The zero-order chi connectivity index (χ0) is 26.5. The van der Waals surface area contributed by atoms with Crippen molar-refractivity contribution in [1.82, 2.24) is 14.9 Å². The van der Waals surface area contributed by atoms with Gasteiger partial charge in [0.2, 0.25) is 11.9 Å². The predicted molar refractivity (Wildman–Crippen MR) is 148 cm³/mol. The van der Waals surface area contributed by atoms with Crippen LogP contribution in [0, 0.1) is 11.3 Å². The van der Waals surface area contributed by atoms with Crippen molar-refractivity contribution in [2.75, 3.05) is 42.7 Å². The fourth-order valence-electron chi connectivity index (χ4n) is 4.31. The van der Waals surface area contributed by atoms with Gasteiger partial charge >= 0.3 is 0 Å². The second kappa shape index (κ2) is 11.3. The number of hydrogen-bond acceptors (Lipinski definition) is 8. The molecule has 2 heterocycles. The lowest BCUT2D eigenvalue weighted by molar-refractivity contribution is -0.112. The summed E-state index contributed by atoms with van der Waals surface area (Å²) in [7, 11) is 4.18. The average Bonchev–Trinajstić information content (AvgIpc) is 2.89. The Bertz CT molecular complexity index is 1340. The molecule has 1 fully saturated rings. The molecule has 0 atom stereocenters. The summed E-state index contributed by atoms with van der Waals surface area (Å²) in [4.78, 5) is 25.3. The first-order valence-electron chi connectivity index (χ1n) is 11.9. The molecule has 2 aromatic carbocycles. The first kappa shape index (κ1) is 25.9. The predicted octanol–water partition coefficient (Wildman–Crippen LogP) is 4.52. The maximum Gasteiger partial charge on any atom is 0.248 e. The molecule has 0 bridgehead atoms. The highest BCUT2D eigenvalue weighted by Gasteiger charge is 2.24. The number of nitrogens with two attached hydrogens (primary N) is 1. The second-order valence-corrected chi connectivity index (χ2v) is 9.46. The highest BCUT2D eigenvalue weighted by molar-refractivity contribution is 6.34. The van der Waals surface area contributed by atoms with Gasteiger partial charge in [-0.15, -0.1) is 0 Å². The number of nitriles is 1. The van der Waals surface area contributed by atoms with Crippen LogP contribution in [0.15, 0.2) is 55.2 Å². The standard InChI is InChI=1S/C27H29ClN8O/c1-17(25(30)37)21-13-24(36-11-9-20(10-12-36)35(2)3)22(28)14-23(21)33-27-31-16-18(15-29)26(34-27)32-19-7-5-4-6-8-19/h4-8,13-14,16,20H,1,9-12H2,2-3H3,(H2,30,37)(H2,31,32,33,34). The molecule has 4 N–H and O–H groups in total. The van der Waals surface area contributed by atoms with E-state index < -0.39 is 5.91 Å². The van der Waals surface area contributed by atoms with Gasteiger partial charge in [-0.2, -0.15) is 10.2 Å². The van der Waals surface area contributed by atoms with Gasteiger partial charge in [-0.25, -0.2) is 4.98 Å². The molecule has 1 saturated heterocycles. The fraction of sp³-hybridized carbons (Fsp3) is 0.259. The van der Waals surface area contributed by atoms with Gasteiger partial charge in [0, 0.05) is 36.0 Å². The number of rotatable bonds is 8. The van der Waals surface area contributed by atoms with Gasteiger partial charge in [-0.05, 0) is 51.2 Å². The Morgan fingerprint density at radius 3 is 2.54 bits per heavy atom. The lowest BCUT2D eigenvalue weighted by atomic mass is 10.00. The molecule has 37 heavy (non-hydrogen) atoms. The molecule has 1 amide bonds. The number of nitrogens with zero attached hydrogens (tertiary/aromatic N) is 5. The van der Waals surface area contributed by atoms with E-state index in [9.17, 15) is 10.1 Å². The van der Waals surface area contributed by atoms with Crippen LogP contribution >= 0.6 is 11.6 Å². The van der Waals surface area contributed by atoms with E-state index in [1.165, 1.54) is 6.20 Å². The van der Waals surface area contributed by atoms with Gasteiger partial charge in [0.1, 0.15) is 11.6 Å². The van der Waals surface area contributed by atoms with E-state index >= 15 is 0 Å². The average molecular weight is 517 g/mol. The number of carbonyl (C=O) groups excluding carboxylic acids is 1. The molecule has 1 aliphatic rings. The molecule has 1 aliphatic heterocycles. The summed E-state index contributed by atoms with van der Waals surface area (Å²) in [6.45, 7) is 5.58. The molecule has 9 nitrogen and oxygen atoms in total. The van der Waals surface area contributed by atoms with Crippen molar-refractivity contribution < 1.29 is 4.79 Å². The summed E-state index contributed by atoms with van der Waals surface area (Å²) in [5, 5.41) is 16.3. The highest BCUT2D eigenvalue weighted by atomic mass is 35.5. The van der Waals surface area contributed by atoms with Crippen LogP contribution in [0.3, 0.4) is 0 Å². The van der Waals surface area contributed by atoms with Crippen LogP contribution in [0.1, 0.15) is 24.0 Å². The zero-order valence-corrected chi connectivity index (χ0v) is 21.6. The summed E-state index contributed by atoms with van der Waals surface area (Å²) < 4.78 is 0. The van der Waals surface area contributed by atoms with Gasteiger partial charge in [-0.1, -0.05) is 36.4 Å². The lowest BCUT2D eigenvalue weighted by Crippen LogP contribution is -2.42. The Hall–Kier alpha value is -4.13. The number of hydrogen-bond donors (Lipinski definition) is 3. The summed E-state index contributed by atoms with van der Waals surface area (Å²) in [6.07, 6.45) is 3.44. The van der Waals surface area contributed by atoms with Crippen molar-refractivity contribution in [3.8, 4) is 6.07 Å². The second-order valence-electron chi connectivity index (χ2n) is 9.06. The maximum atomic E-state index is 12.1. The van der Waals surface area contributed by atoms with Crippen LogP contribution in [0.4, 0.5) is 28.8 Å². The number of halogens is 1. The number of amides is 1. The van der Waals surface area contributed by atoms with Crippen molar-refractivity contribution >= 4 is 51.9 Å². The Kier molecular flexibility index (Phi) is 7.92. The number of nitrogens with one attached hydrogen (secondary N) is 2. The van der Waals surface area contributed by atoms with Gasteiger partial charge in [0.25, 0.3) is 0 Å². The quantitative estimate of drug-likeness (QED) is 0.373. The number of para-hydroxylation sites is 1. The summed E-state index contributed by atoms with van der Waals surface area (Å²) in [5.41, 5.74) is 8.60. The van der Waals surface area contributed by atoms with Gasteiger partial charge < -0.3 is 26.2 Å². The van der Waals surface area contributed by atoms with E-state index in [2.05, 4.69) is 57.1 Å². The van der Waals surface area contributed by atoms with Crippen molar-refractivity contribution in [2.45, 2.75) is 18.9 Å². The SMILES string of the molecule is C=C(C(N)=O)c1cc(N2CCC(N(C)C)CC2)c(Cl)cc1Nc1ncc(C#N)c(Nc2ccccc2)n1. The largest absolute Gasteiger partial charge is 0.370 e. The molecule has 0 spiro atoms. The Morgan fingerprint density at radius 2 is 1.92 bits per heavy atom. The van der Waals surface area contributed by atoms with Gasteiger partial charge in [0.15, 0.2) is 5.82 Å². The molecule has 0 saturated carbocycles. The number of aromatic nitrogens is 2. The third kappa shape index (κ3) is 6.00. The van der Waals surface area contributed by atoms with Gasteiger partial charge in [-0.3, -0.25) is 4.79 Å². The molecule has 0 unspecified atom stereocenters. The number of benzene rings is 2. The van der Waals surface area contributed by atoms with E-state index in [-0.39, 0.29) is 17.1 Å². The zero-order valence-electron chi connectivity index (χ0n) is 20.8. The van der Waals surface area contributed by atoms with Crippen LogP contribution in [0.2, 0.25) is 5.02 Å². The number of anilines is 5. The van der Waals surface area contributed by atoms with Crippen molar-refractivity contribution in [3.05, 3.63) is 71.4 Å². The smallest absolute Gasteiger partial charge is 0.248 e. The van der Waals surface area contributed by atoms with Crippen molar-refractivity contribution in [1.29, 1.82) is 5.26 Å². The summed E-state index contributed by atoms with van der Waals surface area (Å²) >= 11 is 6.74. The van der Waals surface area contributed by atoms with Crippen LogP contribution in [-0.2, 0) is 4.79 Å². The fourth-order valence-corrected chi connectivity index (χ4v) is 4.59. The van der Waals surface area contributed by atoms with E-state index in [0.717, 1.165) is 37.3 Å².